The van der Waals surface area contributed by atoms with Crippen molar-refractivity contribution in [2.75, 3.05) is 31.4 Å². The fourth-order valence-electron chi connectivity index (χ4n) is 3.59. The number of aromatic nitrogens is 2. The van der Waals surface area contributed by atoms with Gasteiger partial charge in [-0.2, -0.15) is 10.5 Å². The molecule has 4 rings (SSSR count). The van der Waals surface area contributed by atoms with Crippen molar-refractivity contribution in [1.29, 1.82) is 10.5 Å². The number of hydrogen-bond donors (Lipinski definition) is 4. The van der Waals surface area contributed by atoms with Crippen molar-refractivity contribution in [2.24, 2.45) is 0 Å². The van der Waals surface area contributed by atoms with E-state index in [0.29, 0.717) is 44.2 Å². The summed E-state index contributed by atoms with van der Waals surface area (Å²) in [6, 6.07) is 15.2. The minimum absolute atomic E-state index is 0.00344. The molecule has 2 heterocycles. The van der Waals surface area contributed by atoms with Crippen LogP contribution in [0.3, 0.4) is 0 Å². The molecule has 4 aromatic rings. The Balaban J connectivity index is 1.54. The van der Waals surface area contributed by atoms with Crippen LogP contribution in [0.4, 0.5) is 21.0 Å². The normalized spacial score (nSPS) is 11.3. The topological polar surface area (TPSA) is 170 Å². The molecule has 0 aliphatic heterocycles. The Morgan fingerprint density at radius 2 is 1.90 bits per heavy atom. The maximum absolute atomic E-state index is 13.7. The van der Waals surface area contributed by atoms with E-state index in [0.717, 1.165) is 0 Å². The molecule has 0 bridgehead atoms. The lowest BCUT2D eigenvalue weighted by Crippen LogP contribution is -2.21. The number of thioether (sulfide) groups is 1. The first-order valence-electron chi connectivity index (χ1n) is 11.7. The number of nitrogens with zero attached hydrogens (tertiary/aromatic N) is 4. The van der Waals surface area contributed by atoms with Gasteiger partial charge >= 0.3 is 0 Å². The average Bonchev–Trinajstić information content (AvgIpc) is 3.42. The Hall–Kier alpha value is -4.40. The number of hydrogen-bond acceptors (Lipinski definition) is 12. The number of methoxy groups -OCH3 is 1. The summed E-state index contributed by atoms with van der Waals surface area (Å²) in [5.41, 5.74) is 8.66. The molecular weight excluding hydrogens is 555 g/mol. The molecule has 0 aliphatic rings. The maximum atomic E-state index is 13.7. The maximum Gasteiger partial charge on any atom is 0.187 e. The highest BCUT2D eigenvalue weighted by Crippen LogP contribution is 2.37. The summed E-state index contributed by atoms with van der Waals surface area (Å²) in [4.78, 5) is 8.87. The molecule has 10 nitrogen and oxygen atoms in total. The number of nitrogens with two attached hydrogens (primary N) is 1. The minimum atomic E-state index is -1.01. The Labute approximate surface area is 237 Å². The van der Waals surface area contributed by atoms with Gasteiger partial charge in [0.05, 0.1) is 25.0 Å². The second kappa shape index (κ2) is 13.1. The Morgan fingerprint density at radius 1 is 1.15 bits per heavy atom. The second-order valence-electron chi connectivity index (χ2n) is 8.23. The van der Waals surface area contributed by atoms with E-state index in [1.807, 2.05) is 11.4 Å². The van der Waals surface area contributed by atoms with Gasteiger partial charge in [0.15, 0.2) is 16.7 Å². The van der Waals surface area contributed by atoms with Crippen LogP contribution >= 0.6 is 23.1 Å². The highest BCUT2D eigenvalue weighted by atomic mass is 32.2. The number of nitriles is 2. The van der Waals surface area contributed by atoms with E-state index in [-0.39, 0.29) is 29.3 Å². The summed E-state index contributed by atoms with van der Waals surface area (Å²) < 4.78 is 24.1. The average molecular weight is 579 g/mol. The summed E-state index contributed by atoms with van der Waals surface area (Å²) in [6.07, 6.45) is -1.01. The van der Waals surface area contributed by atoms with Crippen molar-refractivity contribution in [3.63, 3.8) is 0 Å². The van der Waals surface area contributed by atoms with Crippen molar-refractivity contribution in [1.82, 2.24) is 9.97 Å². The molecule has 0 unspecified atom stereocenters. The summed E-state index contributed by atoms with van der Waals surface area (Å²) in [7, 11) is 1.39. The molecule has 0 fully saturated rings. The van der Waals surface area contributed by atoms with Gasteiger partial charge in [-0.3, -0.25) is 0 Å². The number of nitrogens with one attached hydrogen (secondary N) is 1. The molecule has 2 aromatic carbocycles. The fraction of sp³-hybridized carbons (Fsp3) is 0.185. The van der Waals surface area contributed by atoms with Crippen LogP contribution in [0.2, 0.25) is 0 Å². The van der Waals surface area contributed by atoms with E-state index in [2.05, 4.69) is 21.4 Å². The van der Waals surface area contributed by atoms with Gasteiger partial charge in [0.2, 0.25) is 0 Å². The Kier molecular flexibility index (Phi) is 9.37. The second-order valence-corrected chi connectivity index (χ2v) is 10.1. The third kappa shape index (κ3) is 6.59. The molecule has 5 N–H and O–H groups in total. The summed E-state index contributed by atoms with van der Waals surface area (Å²) >= 11 is 2.62. The molecule has 0 amide bonds. The van der Waals surface area contributed by atoms with Crippen LogP contribution in [0.25, 0.3) is 11.1 Å². The first-order chi connectivity index (χ1) is 19.4. The number of ether oxygens (including phenoxy) is 2. The van der Waals surface area contributed by atoms with E-state index in [1.165, 1.54) is 42.3 Å². The number of pyridine rings is 1. The number of halogens is 1. The van der Waals surface area contributed by atoms with Crippen LogP contribution in [0.5, 0.6) is 11.5 Å². The number of thiazole rings is 1. The predicted molar refractivity (Wildman–Crippen MR) is 150 cm³/mol. The van der Waals surface area contributed by atoms with Crippen LogP contribution < -0.4 is 20.5 Å². The number of nitrogen functional groups attached to an aromatic ring is 1. The Morgan fingerprint density at radius 3 is 2.58 bits per heavy atom. The van der Waals surface area contributed by atoms with Crippen molar-refractivity contribution in [3.05, 3.63) is 70.5 Å². The molecule has 0 saturated carbocycles. The first kappa shape index (κ1) is 28.6. The Bertz CT molecular complexity index is 1580. The SMILES string of the molecule is COc1cc(Nc2nc(CSc3nc(N)c(C#N)c(-c4ccc(OC[C@@H](O)CO)cc4)c3C#N)cs2)ccc1F. The third-order valence-electron chi connectivity index (χ3n) is 5.52. The van der Waals surface area contributed by atoms with Gasteiger partial charge in [0.1, 0.15) is 47.0 Å². The molecule has 0 aliphatic carbocycles. The van der Waals surface area contributed by atoms with Crippen molar-refractivity contribution in [2.45, 2.75) is 16.9 Å². The van der Waals surface area contributed by atoms with E-state index >= 15 is 0 Å². The predicted octanol–water partition coefficient (Wildman–Crippen LogP) is 4.45. The standard InChI is InChI=1S/C27H23FN6O4S2/c1-37-23-8-16(4-7-22(23)28)32-27-33-17(14-40-27)13-39-26-21(10-30)24(20(9-29)25(31)34-26)15-2-5-19(6-3-15)38-12-18(36)11-35/h2-8,14,18,35-36H,11-13H2,1H3,(H2,31,34)(H,32,33)/t18-/m0/s1. The number of rotatable bonds is 11. The molecule has 1 atom stereocenters. The molecule has 40 heavy (non-hydrogen) atoms. The van der Waals surface area contributed by atoms with Crippen LogP contribution in [0.1, 0.15) is 16.8 Å². The zero-order chi connectivity index (χ0) is 28.6. The smallest absolute Gasteiger partial charge is 0.187 e. The molecule has 0 radical (unpaired) electrons. The lowest BCUT2D eigenvalue weighted by molar-refractivity contribution is 0.0536. The van der Waals surface area contributed by atoms with Gasteiger partial charge < -0.3 is 30.7 Å². The summed E-state index contributed by atoms with van der Waals surface area (Å²) in [6.45, 7) is -0.508. The van der Waals surface area contributed by atoms with Gasteiger partial charge in [-0.15, -0.1) is 11.3 Å². The van der Waals surface area contributed by atoms with Crippen LogP contribution in [-0.4, -0.2) is 46.6 Å². The molecule has 0 saturated heterocycles. The number of aliphatic hydroxyl groups is 2. The van der Waals surface area contributed by atoms with Gasteiger partial charge in [-0.1, -0.05) is 23.9 Å². The van der Waals surface area contributed by atoms with Crippen molar-refractivity contribution >= 4 is 39.7 Å². The number of aliphatic hydroxyl groups excluding tert-OH is 2. The largest absolute Gasteiger partial charge is 0.494 e. The van der Waals surface area contributed by atoms with E-state index in [4.69, 9.17) is 20.3 Å². The van der Waals surface area contributed by atoms with Crippen molar-refractivity contribution in [3.8, 4) is 34.8 Å². The van der Waals surface area contributed by atoms with Gasteiger partial charge in [0, 0.05) is 28.5 Å². The molecular formula is C27H23FN6O4S2. The minimum Gasteiger partial charge on any atom is -0.494 e. The lowest BCUT2D eigenvalue weighted by atomic mass is 9.97. The van der Waals surface area contributed by atoms with Crippen LogP contribution in [0.15, 0.2) is 52.9 Å². The summed E-state index contributed by atoms with van der Waals surface area (Å²) in [5, 5.41) is 44.1. The number of benzene rings is 2. The van der Waals surface area contributed by atoms with Gasteiger partial charge in [-0.25, -0.2) is 14.4 Å². The van der Waals surface area contributed by atoms with E-state index < -0.39 is 18.5 Å². The molecule has 13 heteroatoms. The van der Waals surface area contributed by atoms with Gasteiger partial charge in [-0.05, 0) is 29.8 Å². The highest BCUT2D eigenvalue weighted by molar-refractivity contribution is 7.98. The number of anilines is 3. The van der Waals surface area contributed by atoms with Crippen LogP contribution in [0, 0.1) is 28.5 Å². The summed E-state index contributed by atoms with van der Waals surface area (Å²) in [5.74, 6) is 0.461. The molecule has 2 aromatic heterocycles. The van der Waals surface area contributed by atoms with Gasteiger partial charge in [0.25, 0.3) is 0 Å². The van der Waals surface area contributed by atoms with Crippen molar-refractivity contribution < 1.29 is 24.1 Å². The van der Waals surface area contributed by atoms with E-state index in [9.17, 15) is 20.0 Å². The monoisotopic (exact) mass is 578 g/mol. The molecule has 0 spiro atoms. The fourth-order valence-corrected chi connectivity index (χ4v) is 5.31. The van der Waals surface area contributed by atoms with E-state index in [1.54, 1.807) is 30.3 Å². The zero-order valence-electron chi connectivity index (χ0n) is 21.1. The molecule has 204 valence electrons. The zero-order valence-corrected chi connectivity index (χ0v) is 22.7. The third-order valence-corrected chi connectivity index (χ3v) is 7.34. The van der Waals surface area contributed by atoms with Crippen LogP contribution in [-0.2, 0) is 5.75 Å². The quantitative estimate of drug-likeness (QED) is 0.185. The lowest BCUT2D eigenvalue weighted by Gasteiger charge is -2.14. The highest BCUT2D eigenvalue weighted by Gasteiger charge is 2.21. The first-order valence-corrected chi connectivity index (χ1v) is 13.6.